The van der Waals surface area contributed by atoms with E-state index in [2.05, 4.69) is 11.2 Å². The van der Waals surface area contributed by atoms with Crippen LogP contribution in [0, 0.1) is 12.3 Å². The van der Waals surface area contributed by atoms with E-state index < -0.39 is 0 Å². The lowest BCUT2D eigenvalue weighted by molar-refractivity contribution is -0.117. The Morgan fingerprint density at radius 3 is 3.07 bits per heavy atom. The summed E-state index contributed by atoms with van der Waals surface area (Å²) in [7, 11) is 1.56. The van der Waals surface area contributed by atoms with Crippen molar-refractivity contribution in [2.75, 3.05) is 19.0 Å². The minimum Gasteiger partial charge on any atom is -0.384 e. The number of carbonyl (C=O) groups excluding carboxylic acids is 1. The van der Waals surface area contributed by atoms with Crippen molar-refractivity contribution in [3.05, 3.63) is 29.8 Å². The Morgan fingerprint density at radius 2 is 2.40 bits per heavy atom. The van der Waals surface area contributed by atoms with E-state index >= 15 is 0 Å². The van der Waals surface area contributed by atoms with Gasteiger partial charge in [0, 0.05) is 18.4 Å². The molecule has 0 aliphatic rings. The second-order valence-electron chi connectivity index (χ2n) is 3.02. The SMILES string of the molecule is C#Cc1cccc(NC(=O)CCOC)c1. The molecule has 0 aliphatic heterocycles. The van der Waals surface area contributed by atoms with Crippen molar-refractivity contribution in [2.45, 2.75) is 6.42 Å². The van der Waals surface area contributed by atoms with Crippen molar-refractivity contribution in [2.24, 2.45) is 0 Å². The van der Waals surface area contributed by atoms with Crippen LogP contribution in [-0.2, 0) is 9.53 Å². The normalized spacial score (nSPS) is 9.33. The van der Waals surface area contributed by atoms with Crippen LogP contribution in [0.1, 0.15) is 12.0 Å². The van der Waals surface area contributed by atoms with Gasteiger partial charge in [-0.3, -0.25) is 4.79 Å². The summed E-state index contributed by atoms with van der Waals surface area (Å²) in [6.45, 7) is 0.417. The minimum absolute atomic E-state index is 0.0778. The number of hydrogen-bond acceptors (Lipinski definition) is 2. The molecule has 0 unspecified atom stereocenters. The van der Waals surface area contributed by atoms with Crippen LogP contribution in [0.3, 0.4) is 0 Å². The van der Waals surface area contributed by atoms with Gasteiger partial charge in [0.05, 0.1) is 13.0 Å². The Bertz CT molecular complexity index is 379. The van der Waals surface area contributed by atoms with E-state index in [0.717, 1.165) is 5.56 Å². The molecule has 0 aliphatic carbocycles. The quantitative estimate of drug-likeness (QED) is 0.755. The number of amides is 1. The third-order valence-electron chi connectivity index (χ3n) is 1.85. The summed E-state index contributed by atoms with van der Waals surface area (Å²) >= 11 is 0. The minimum atomic E-state index is -0.0778. The highest BCUT2D eigenvalue weighted by Gasteiger charge is 2.01. The van der Waals surface area contributed by atoms with E-state index in [9.17, 15) is 4.79 Å². The van der Waals surface area contributed by atoms with Gasteiger partial charge in [0.25, 0.3) is 0 Å². The lowest BCUT2D eigenvalue weighted by atomic mass is 10.2. The van der Waals surface area contributed by atoms with Gasteiger partial charge < -0.3 is 10.1 Å². The van der Waals surface area contributed by atoms with Gasteiger partial charge in [-0.15, -0.1) is 6.42 Å². The van der Waals surface area contributed by atoms with Crippen molar-refractivity contribution < 1.29 is 9.53 Å². The van der Waals surface area contributed by atoms with E-state index in [1.54, 1.807) is 25.3 Å². The Labute approximate surface area is 89.4 Å². The van der Waals surface area contributed by atoms with Crippen LogP contribution < -0.4 is 5.32 Å². The number of hydrogen-bond donors (Lipinski definition) is 1. The molecule has 3 nitrogen and oxygen atoms in total. The summed E-state index contributed by atoms with van der Waals surface area (Å²) in [5.74, 6) is 2.43. The molecule has 1 rings (SSSR count). The Kier molecular flexibility index (Phi) is 4.39. The molecule has 1 aromatic rings. The molecule has 0 saturated carbocycles. The molecule has 0 spiro atoms. The van der Waals surface area contributed by atoms with Gasteiger partial charge in [0.1, 0.15) is 0 Å². The predicted octanol–water partition coefficient (Wildman–Crippen LogP) is 1.64. The van der Waals surface area contributed by atoms with Crippen LogP contribution in [0.2, 0.25) is 0 Å². The number of ether oxygens (including phenoxy) is 1. The average molecular weight is 203 g/mol. The monoisotopic (exact) mass is 203 g/mol. The molecule has 0 fully saturated rings. The van der Waals surface area contributed by atoms with Crippen LogP contribution in [0.25, 0.3) is 0 Å². The van der Waals surface area contributed by atoms with Gasteiger partial charge in [0.2, 0.25) is 5.91 Å². The number of carbonyl (C=O) groups is 1. The summed E-state index contributed by atoms with van der Waals surface area (Å²) in [6, 6.07) is 7.17. The smallest absolute Gasteiger partial charge is 0.226 e. The Balaban J connectivity index is 2.57. The predicted molar refractivity (Wildman–Crippen MR) is 59.5 cm³/mol. The molecule has 0 radical (unpaired) electrons. The second kappa shape index (κ2) is 5.84. The van der Waals surface area contributed by atoms with Crippen molar-refractivity contribution in [1.82, 2.24) is 0 Å². The number of benzene rings is 1. The van der Waals surface area contributed by atoms with Gasteiger partial charge in [-0.1, -0.05) is 12.0 Å². The van der Waals surface area contributed by atoms with Crippen LogP contribution in [0.15, 0.2) is 24.3 Å². The molecule has 1 amide bonds. The molecule has 3 heteroatoms. The van der Waals surface area contributed by atoms with Gasteiger partial charge in [-0.2, -0.15) is 0 Å². The second-order valence-corrected chi connectivity index (χ2v) is 3.02. The van der Waals surface area contributed by atoms with E-state index in [-0.39, 0.29) is 5.91 Å². The first-order chi connectivity index (χ1) is 7.26. The number of terminal acetylenes is 1. The highest BCUT2D eigenvalue weighted by Crippen LogP contribution is 2.09. The third kappa shape index (κ3) is 3.84. The Morgan fingerprint density at radius 1 is 1.60 bits per heavy atom. The van der Waals surface area contributed by atoms with Gasteiger partial charge in [0.15, 0.2) is 0 Å². The number of methoxy groups -OCH3 is 1. The molecule has 15 heavy (non-hydrogen) atoms. The standard InChI is InChI=1S/C12H13NO2/c1-3-10-5-4-6-11(9-10)13-12(14)7-8-15-2/h1,4-6,9H,7-8H2,2H3,(H,13,14). The van der Waals surface area contributed by atoms with Gasteiger partial charge in [-0.25, -0.2) is 0 Å². The lowest BCUT2D eigenvalue weighted by Gasteiger charge is -2.04. The molecule has 0 bridgehead atoms. The van der Waals surface area contributed by atoms with Gasteiger partial charge >= 0.3 is 0 Å². The van der Waals surface area contributed by atoms with E-state index in [0.29, 0.717) is 18.7 Å². The van der Waals surface area contributed by atoms with Gasteiger partial charge in [-0.05, 0) is 18.2 Å². The molecule has 0 heterocycles. The first-order valence-corrected chi connectivity index (χ1v) is 4.61. The maximum Gasteiger partial charge on any atom is 0.226 e. The zero-order valence-electron chi connectivity index (χ0n) is 8.62. The molecule has 0 saturated heterocycles. The van der Waals surface area contributed by atoms with Crippen molar-refractivity contribution in [1.29, 1.82) is 0 Å². The van der Waals surface area contributed by atoms with Crippen LogP contribution in [0.5, 0.6) is 0 Å². The molecule has 1 N–H and O–H groups in total. The zero-order valence-corrected chi connectivity index (χ0v) is 8.62. The molecular weight excluding hydrogens is 190 g/mol. The van der Waals surface area contributed by atoms with Crippen LogP contribution >= 0.6 is 0 Å². The van der Waals surface area contributed by atoms with Crippen molar-refractivity contribution >= 4 is 11.6 Å². The third-order valence-corrected chi connectivity index (χ3v) is 1.85. The maximum atomic E-state index is 11.3. The fraction of sp³-hybridized carbons (Fsp3) is 0.250. The number of nitrogens with one attached hydrogen (secondary N) is 1. The highest BCUT2D eigenvalue weighted by atomic mass is 16.5. The number of rotatable bonds is 4. The van der Waals surface area contributed by atoms with Crippen LogP contribution in [0.4, 0.5) is 5.69 Å². The summed E-state index contributed by atoms with van der Waals surface area (Å²) in [4.78, 5) is 11.3. The summed E-state index contributed by atoms with van der Waals surface area (Å²) in [6.07, 6.45) is 5.59. The summed E-state index contributed by atoms with van der Waals surface area (Å²) in [5, 5.41) is 2.74. The molecule has 78 valence electrons. The largest absolute Gasteiger partial charge is 0.384 e. The number of anilines is 1. The fourth-order valence-electron chi connectivity index (χ4n) is 1.10. The molecule has 0 aromatic heterocycles. The molecule has 1 aromatic carbocycles. The summed E-state index contributed by atoms with van der Waals surface area (Å²) < 4.78 is 4.80. The Hall–Kier alpha value is -1.79. The van der Waals surface area contributed by atoms with Crippen LogP contribution in [-0.4, -0.2) is 19.6 Å². The highest BCUT2D eigenvalue weighted by molar-refractivity contribution is 5.90. The average Bonchev–Trinajstić information content (AvgIpc) is 2.26. The van der Waals surface area contributed by atoms with E-state index in [1.165, 1.54) is 0 Å². The maximum absolute atomic E-state index is 11.3. The zero-order chi connectivity index (χ0) is 11.1. The first kappa shape index (κ1) is 11.3. The van der Waals surface area contributed by atoms with E-state index in [1.807, 2.05) is 6.07 Å². The van der Waals surface area contributed by atoms with Crippen molar-refractivity contribution in [3.63, 3.8) is 0 Å². The fourth-order valence-corrected chi connectivity index (χ4v) is 1.10. The van der Waals surface area contributed by atoms with E-state index in [4.69, 9.17) is 11.2 Å². The lowest BCUT2D eigenvalue weighted by Crippen LogP contribution is -2.13. The van der Waals surface area contributed by atoms with Crippen molar-refractivity contribution in [3.8, 4) is 12.3 Å². The first-order valence-electron chi connectivity index (χ1n) is 4.61. The topological polar surface area (TPSA) is 38.3 Å². The molecular formula is C12H13NO2. The molecule has 0 atom stereocenters. The summed E-state index contributed by atoms with van der Waals surface area (Å²) in [5.41, 5.74) is 1.46.